The van der Waals surface area contributed by atoms with Gasteiger partial charge in [-0.3, -0.25) is 4.79 Å². The topological polar surface area (TPSA) is 49.8 Å². The second kappa shape index (κ2) is 4.94. The fraction of sp³-hybridized carbons (Fsp3) is 0.909. The van der Waals surface area contributed by atoms with Crippen LogP contribution >= 0.6 is 0 Å². The first-order valence-corrected chi connectivity index (χ1v) is 5.42. The van der Waals surface area contributed by atoms with Crippen molar-refractivity contribution < 1.29 is 14.6 Å². The van der Waals surface area contributed by atoms with Gasteiger partial charge in [-0.05, 0) is 11.8 Å². The maximum absolute atomic E-state index is 11.6. The van der Waals surface area contributed by atoms with Gasteiger partial charge in [0, 0.05) is 19.7 Å². The van der Waals surface area contributed by atoms with Crippen LogP contribution < -0.4 is 0 Å². The number of carbonyl (C=O) groups is 1. The zero-order chi connectivity index (χ0) is 11.5. The van der Waals surface area contributed by atoms with Gasteiger partial charge in [0.1, 0.15) is 6.61 Å². The van der Waals surface area contributed by atoms with Crippen LogP contribution in [0.3, 0.4) is 0 Å². The summed E-state index contributed by atoms with van der Waals surface area (Å²) < 4.78 is 5.32. The molecular formula is C11H21NO3. The van der Waals surface area contributed by atoms with Crippen molar-refractivity contribution in [1.82, 2.24) is 4.90 Å². The first kappa shape index (κ1) is 12.5. The molecule has 1 aliphatic heterocycles. The van der Waals surface area contributed by atoms with Gasteiger partial charge in [0.15, 0.2) is 0 Å². The van der Waals surface area contributed by atoms with Gasteiger partial charge in [-0.1, -0.05) is 20.8 Å². The van der Waals surface area contributed by atoms with Gasteiger partial charge in [0.25, 0.3) is 0 Å². The summed E-state index contributed by atoms with van der Waals surface area (Å²) in [6.07, 6.45) is 0.600. The molecule has 1 N–H and O–H groups in total. The normalized spacial score (nSPS) is 23.3. The Bertz CT molecular complexity index is 222. The molecule has 0 aliphatic carbocycles. The van der Waals surface area contributed by atoms with E-state index < -0.39 is 0 Å². The Morgan fingerprint density at radius 1 is 1.53 bits per heavy atom. The number of amides is 1. The minimum absolute atomic E-state index is 0.00458. The molecule has 1 rings (SSSR count). The number of aliphatic hydroxyl groups excluding tert-OH is 1. The molecule has 0 saturated carbocycles. The molecular weight excluding hydrogens is 194 g/mol. The van der Waals surface area contributed by atoms with Crippen LogP contribution in [0, 0.1) is 5.41 Å². The van der Waals surface area contributed by atoms with Crippen LogP contribution in [0.15, 0.2) is 0 Å². The minimum Gasteiger partial charge on any atom is -0.396 e. The van der Waals surface area contributed by atoms with E-state index in [2.05, 4.69) is 20.8 Å². The predicted octanol–water partition coefficient (Wildman–Crippen LogP) is 0.642. The SMILES string of the molecule is CC(C)(C)CN1CC(CCO)OCC1=O. The summed E-state index contributed by atoms with van der Waals surface area (Å²) in [7, 11) is 0. The van der Waals surface area contributed by atoms with E-state index in [-0.39, 0.29) is 30.6 Å². The fourth-order valence-corrected chi connectivity index (χ4v) is 1.72. The second-order valence-corrected chi connectivity index (χ2v) is 5.28. The van der Waals surface area contributed by atoms with Crippen molar-refractivity contribution >= 4 is 5.91 Å². The number of ether oxygens (including phenoxy) is 1. The van der Waals surface area contributed by atoms with Crippen molar-refractivity contribution in [1.29, 1.82) is 0 Å². The van der Waals surface area contributed by atoms with Crippen LogP contribution in [0.4, 0.5) is 0 Å². The van der Waals surface area contributed by atoms with E-state index in [0.717, 1.165) is 6.54 Å². The van der Waals surface area contributed by atoms with Crippen LogP contribution in [0.25, 0.3) is 0 Å². The van der Waals surface area contributed by atoms with E-state index in [1.165, 1.54) is 0 Å². The van der Waals surface area contributed by atoms with Crippen LogP contribution in [-0.2, 0) is 9.53 Å². The summed E-state index contributed by atoms with van der Waals surface area (Å²) >= 11 is 0. The zero-order valence-corrected chi connectivity index (χ0v) is 9.82. The van der Waals surface area contributed by atoms with Crippen LogP contribution in [0.1, 0.15) is 27.2 Å². The summed E-state index contributed by atoms with van der Waals surface area (Å²) in [6.45, 7) is 7.95. The lowest BCUT2D eigenvalue weighted by Crippen LogP contribution is -2.49. The number of aliphatic hydroxyl groups is 1. The number of hydrogen-bond donors (Lipinski definition) is 1. The largest absolute Gasteiger partial charge is 0.396 e. The molecule has 1 aliphatic rings. The highest BCUT2D eigenvalue weighted by molar-refractivity contribution is 5.78. The molecule has 0 aromatic carbocycles. The maximum atomic E-state index is 11.6. The fourth-order valence-electron chi connectivity index (χ4n) is 1.72. The van der Waals surface area contributed by atoms with Crippen molar-refractivity contribution in [2.45, 2.75) is 33.3 Å². The van der Waals surface area contributed by atoms with E-state index in [1.807, 2.05) is 4.90 Å². The van der Waals surface area contributed by atoms with E-state index >= 15 is 0 Å². The van der Waals surface area contributed by atoms with E-state index in [0.29, 0.717) is 13.0 Å². The highest BCUT2D eigenvalue weighted by Crippen LogP contribution is 2.18. The molecule has 1 saturated heterocycles. The van der Waals surface area contributed by atoms with Crippen molar-refractivity contribution in [3.8, 4) is 0 Å². The number of rotatable bonds is 3. The number of hydrogen-bond acceptors (Lipinski definition) is 3. The van der Waals surface area contributed by atoms with E-state index in [4.69, 9.17) is 9.84 Å². The molecule has 0 radical (unpaired) electrons. The summed E-state index contributed by atoms with van der Waals surface area (Å²) in [5, 5.41) is 8.82. The molecule has 0 bridgehead atoms. The molecule has 1 fully saturated rings. The van der Waals surface area contributed by atoms with E-state index in [9.17, 15) is 4.79 Å². The number of carbonyl (C=O) groups excluding carboxylic acids is 1. The van der Waals surface area contributed by atoms with Gasteiger partial charge in [0.05, 0.1) is 6.10 Å². The van der Waals surface area contributed by atoms with Gasteiger partial charge < -0.3 is 14.7 Å². The standard InChI is InChI=1S/C11H21NO3/c1-11(2,3)8-12-6-9(4-5-13)15-7-10(12)14/h9,13H,4-8H2,1-3H3. The number of morpholine rings is 1. The highest BCUT2D eigenvalue weighted by atomic mass is 16.5. The first-order valence-electron chi connectivity index (χ1n) is 5.42. The Hall–Kier alpha value is -0.610. The molecule has 0 aromatic heterocycles. The van der Waals surface area contributed by atoms with Gasteiger partial charge in [-0.15, -0.1) is 0 Å². The second-order valence-electron chi connectivity index (χ2n) is 5.28. The monoisotopic (exact) mass is 215 g/mol. The molecule has 1 atom stereocenters. The molecule has 4 nitrogen and oxygen atoms in total. The molecule has 15 heavy (non-hydrogen) atoms. The summed E-state index contributed by atoms with van der Waals surface area (Å²) in [5.74, 6) is 0.0547. The molecule has 1 amide bonds. The summed E-state index contributed by atoms with van der Waals surface area (Å²) in [5.41, 5.74) is 0.108. The Morgan fingerprint density at radius 2 is 2.20 bits per heavy atom. The maximum Gasteiger partial charge on any atom is 0.248 e. The summed E-state index contributed by atoms with van der Waals surface area (Å²) in [6, 6.07) is 0. The van der Waals surface area contributed by atoms with E-state index in [1.54, 1.807) is 0 Å². The van der Waals surface area contributed by atoms with Crippen molar-refractivity contribution in [3.05, 3.63) is 0 Å². The average Bonchev–Trinajstić information content (AvgIpc) is 2.09. The first-order chi connectivity index (χ1) is 6.92. The highest BCUT2D eigenvalue weighted by Gasteiger charge is 2.28. The Morgan fingerprint density at radius 3 is 2.73 bits per heavy atom. The van der Waals surface area contributed by atoms with Crippen LogP contribution in [-0.4, -0.2) is 48.3 Å². The van der Waals surface area contributed by atoms with Gasteiger partial charge in [0.2, 0.25) is 5.91 Å². The Labute approximate surface area is 91.2 Å². The molecule has 1 unspecified atom stereocenters. The Balaban J connectivity index is 2.50. The van der Waals surface area contributed by atoms with Gasteiger partial charge in [-0.2, -0.15) is 0 Å². The average molecular weight is 215 g/mol. The third-order valence-electron chi connectivity index (χ3n) is 2.34. The molecule has 0 aromatic rings. The molecule has 4 heteroatoms. The number of nitrogens with zero attached hydrogens (tertiary/aromatic N) is 1. The smallest absolute Gasteiger partial charge is 0.248 e. The van der Waals surface area contributed by atoms with Crippen molar-refractivity contribution in [3.63, 3.8) is 0 Å². The third kappa shape index (κ3) is 4.18. The van der Waals surface area contributed by atoms with Gasteiger partial charge in [-0.25, -0.2) is 0 Å². The molecule has 1 heterocycles. The van der Waals surface area contributed by atoms with Crippen molar-refractivity contribution in [2.75, 3.05) is 26.3 Å². The molecule has 88 valence electrons. The quantitative estimate of drug-likeness (QED) is 0.751. The Kier molecular flexibility index (Phi) is 4.11. The molecule has 0 spiro atoms. The lowest BCUT2D eigenvalue weighted by atomic mass is 9.95. The minimum atomic E-state index is -0.00458. The lowest BCUT2D eigenvalue weighted by Gasteiger charge is -2.36. The van der Waals surface area contributed by atoms with Crippen LogP contribution in [0.5, 0.6) is 0 Å². The zero-order valence-electron chi connectivity index (χ0n) is 9.82. The van der Waals surface area contributed by atoms with Crippen LogP contribution in [0.2, 0.25) is 0 Å². The predicted molar refractivity (Wildman–Crippen MR) is 57.5 cm³/mol. The van der Waals surface area contributed by atoms with Gasteiger partial charge >= 0.3 is 0 Å². The lowest BCUT2D eigenvalue weighted by molar-refractivity contribution is -0.151. The summed E-state index contributed by atoms with van der Waals surface area (Å²) in [4.78, 5) is 13.4. The van der Waals surface area contributed by atoms with Crippen molar-refractivity contribution in [2.24, 2.45) is 5.41 Å². The third-order valence-corrected chi connectivity index (χ3v) is 2.34.